The zero-order valence-corrected chi connectivity index (χ0v) is 6.22. The van der Waals surface area contributed by atoms with E-state index in [1.807, 2.05) is 6.34 Å². The number of aliphatic imine (C=N–C) groups is 1. The summed E-state index contributed by atoms with van der Waals surface area (Å²) in [5, 5.41) is 0. The maximum Gasteiger partial charge on any atom is 0.405 e. The zero-order valence-electron chi connectivity index (χ0n) is 6.22. The van der Waals surface area contributed by atoms with Gasteiger partial charge in [0.2, 0.25) is 0 Å². The molecular weight excluding hydrogens is 195 g/mol. The first-order valence-electron chi connectivity index (χ1n) is 3.30. The molecule has 0 fully saturated rings. The SMILES string of the molecule is FC(F)C1[CH]N(CC(F)(F)F)[C]=N1. The monoisotopic (exact) mass is 200 g/mol. The van der Waals surface area contributed by atoms with Crippen LogP contribution in [0.4, 0.5) is 22.0 Å². The largest absolute Gasteiger partial charge is 0.405 e. The molecule has 1 aliphatic heterocycles. The normalized spacial score (nSPS) is 23.2. The molecule has 1 heterocycles. The molecule has 0 amide bonds. The Labute approximate surface area is 71.0 Å². The molecule has 0 saturated carbocycles. The fourth-order valence-corrected chi connectivity index (χ4v) is 0.794. The summed E-state index contributed by atoms with van der Waals surface area (Å²) in [7, 11) is 0. The van der Waals surface area contributed by atoms with Gasteiger partial charge in [-0.15, -0.1) is 0 Å². The Hall–Kier alpha value is -0.880. The number of rotatable bonds is 2. The lowest BCUT2D eigenvalue weighted by atomic mass is 10.3. The van der Waals surface area contributed by atoms with Crippen molar-refractivity contribution in [2.75, 3.05) is 6.54 Å². The molecule has 0 spiro atoms. The average molecular weight is 200 g/mol. The van der Waals surface area contributed by atoms with Crippen molar-refractivity contribution < 1.29 is 22.0 Å². The molecule has 0 aliphatic carbocycles. The molecule has 1 rings (SSSR count). The Morgan fingerprint density at radius 2 is 2.08 bits per heavy atom. The summed E-state index contributed by atoms with van der Waals surface area (Å²) in [5.74, 6) is 0. The summed E-state index contributed by atoms with van der Waals surface area (Å²) in [4.78, 5) is 3.55. The Balaban J connectivity index is 2.39. The highest BCUT2D eigenvalue weighted by atomic mass is 19.4. The smallest absolute Gasteiger partial charge is 0.337 e. The van der Waals surface area contributed by atoms with E-state index in [4.69, 9.17) is 0 Å². The highest BCUT2D eigenvalue weighted by Gasteiger charge is 2.35. The van der Waals surface area contributed by atoms with Crippen LogP contribution in [0.5, 0.6) is 0 Å². The van der Waals surface area contributed by atoms with Gasteiger partial charge in [0.15, 0.2) is 6.34 Å². The van der Waals surface area contributed by atoms with Gasteiger partial charge in [0.05, 0.1) is 6.54 Å². The first kappa shape index (κ1) is 10.2. The van der Waals surface area contributed by atoms with Gasteiger partial charge >= 0.3 is 6.18 Å². The van der Waals surface area contributed by atoms with E-state index in [0.29, 0.717) is 11.4 Å². The number of halogens is 5. The zero-order chi connectivity index (χ0) is 10.1. The third kappa shape index (κ3) is 3.16. The van der Waals surface area contributed by atoms with Gasteiger partial charge in [0, 0.05) is 0 Å². The third-order valence-electron chi connectivity index (χ3n) is 1.28. The molecule has 0 N–H and O–H groups in total. The van der Waals surface area contributed by atoms with Crippen LogP contribution in [-0.2, 0) is 0 Å². The summed E-state index contributed by atoms with van der Waals surface area (Å²) < 4.78 is 58.9. The summed E-state index contributed by atoms with van der Waals surface area (Å²) in [6, 6.07) is -1.50. The molecule has 74 valence electrons. The van der Waals surface area contributed by atoms with Gasteiger partial charge in [-0.05, 0) is 0 Å². The van der Waals surface area contributed by atoms with Gasteiger partial charge in [-0.1, -0.05) is 0 Å². The summed E-state index contributed by atoms with van der Waals surface area (Å²) >= 11 is 0. The van der Waals surface area contributed by atoms with E-state index in [2.05, 4.69) is 4.99 Å². The minimum atomic E-state index is -4.43. The molecule has 0 aromatic carbocycles. The van der Waals surface area contributed by atoms with Gasteiger partial charge in [0.25, 0.3) is 6.43 Å². The fourth-order valence-electron chi connectivity index (χ4n) is 0.794. The van der Waals surface area contributed by atoms with E-state index < -0.39 is 25.2 Å². The fraction of sp³-hybridized carbons (Fsp3) is 0.667. The van der Waals surface area contributed by atoms with Crippen molar-refractivity contribution in [3.63, 3.8) is 0 Å². The Kier molecular flexibility index (Phi) is 2.72. The first-order chi connectivity index (χ1) is 5.88. The van der Waals surface area contributed by atoms with E-state index in [-0.39, 0.29) is 0 Å². The van der Waals surface area contributed by atoms with Crippen LogP contribution in [0.3, 0.4) is 0 Å². The van der Waals surface area contributed by atoms with E-state index in [1.54, 1.807) is 0 Å². The van der Waals surface area contributed by atoms with Crippen LogP contribution in [0.15, 0.2) is 4.99 Å². The van der Waals surface area contributed by atoms with Crippen molar-refractivity contribution in [2.45, 2.75) is 18.6 Å². The van der Waals surface area contributed by atoms with Crippen molar-refractivity contribution in [1.29, 1.82) is 0 Å². The quantitative estimate of drug-likeness (QED) is 0.617. The second-order valence-corrected chi connectivity index (χ2v) is 2.45. The number of alkyl halides is 5. The van der Waals surface area contributed by atoms with E-state index in [0.717, 1.165) is 0 Å². The van der Waals surface area contributed by atoms with E-state index in [1.165, 1.54) is 0 Å². The highest BCUT2D eigenvalue weighted by Crippen LogP contribution is 2.21. The molecule has 13 heavy (non-hydrogen) atoms. The minimum Gasteiger partial charge on any atom is -0.337 e. The second kappa shape index (κ2) is 3.47. The Morgan fingerprint density at radius 3 is 2.46 bits per heavy atom. The van der Waals surface area contributed by atoms with Crippen LogP contribution in [0.25, 0.3) is 0 Å². The van der Waals surface area contributed by atoms with E-state index in [9.17, 15) is 22.0 Å². The van der Waals surface area contributed by atoms with Crippen LogP contribution in [0.2, 0.25) is 0 Å². The lowest BCUT2D eigenvalue weighted by molar-refractivity contribution is -0.135. The van der Waals surface area contributed by atoms with Crippen molar-refractivity contribution in [1.82, 2.24) is 4.90 Å². The highest BCUT2D eigenvalue weighted by molar-refractivity contribution is 5.59. The molecule has 2 nitrogen and oxygen atoms in total. The van der Waals surface area contributed by atoms with Crippen molar-refractivity contribution in [2.24, 2.45) is 4.99 Å². The third-order valence-corrected chi connectivity index (χ3v) is 1.28. The Morgan fingerprint density at radius 1 is 1.46 bits per heavy atom. The van der Waals surface area contributed by atoms with Crippen LogP contribution < -0.4 is 0 Å². The van der Waals surface area contributed by atoms with E-state index >= 15 is 0 Å². The molecule has 7 heteroatoms. The van der Waals surface area contributed by atoms with Crippen molar-refractivity contribution in [3.8, 4) is 0 Å². The van der Waals surface area contributed by atoms with Crippen LogP contribution in [0.1, 0.15) is 0 Å². The minimum absolute atomic E-state index is 0.483. The van der Waals surface area contributed by atoms with Gasteiger partial charge in [-0.25, -0.2) is 8.78 Å². The van der Waals surface area contributed by atoms with Crippen molar-refractivity contribution in [3.05, 3.63) is 6.54 Å². The maximum atomic E-state index is 11.9. The molecule has 0 aromatic rings. The Bertz CT molecular complexity index is 200. The molecule has 1 atom stereocenters. The molecule has 1 aliphatic rings. The first-order valence-corrected chi connectivity index (χ1v) is 3.30. The average Bonchev–Trinajstić information content (AvgIpc) is 2.31. The predicted octanol–water partition coefficient (Wildman–Crippen LogP) is 1.57. The van der Waals surface area contributed by atoms with Crippen LogP contribution in [-0.4, -0.2) is 36.4 Å². The van der Waals surface area contributed by atoms with Crippen LogP contribution in [0, 0.1) is 6.54 Å². The maximum absolute atomic E-state index is 11.9. The lowest BCUT2D eigenvalue weighted by Gasteiger charge is -2.16. The predicted molar refractivity (Wildman–Crippen MR) is 34.3 cm³/mol. The molecule has 1 unspecified atom stereocenters. The molecular formula is C6H5F5N2. The number of hydrogen-bond donors (Lipinski definition) is 0. The second-order valence-electron chi connectivity index (χ2n) is 2.45. The molecule has 0 bridgehead atoms. The lowest BCUT2D eigenvalue weighted by Crippen LogP contribution is -2.31. The van der Waals surface area contributed by atoms with Crippen molar-refractivity contribution >= 4 is 6.34 Å². The van der Waals surface area contributed by atoms with Gasteiger partial charge in [0.1, 0.15) is 12.6 Å². The molecule has 2 radical (unpaired) electrons. The summed E-state index contributed by atoms with van der Waals surface area (Å²) in [6.07, 6.45) is -5.37. The van der Waals surface area contributed by atoms with Gasteiger partial charge in [-0.2, -0.15) is 13.2 Å². The summed E-state index contributed by atoms with van der Waals surface area (Å²) in [5.41, 5.74) is 0. The van der Waals surface area contributed by atoms with Gasteiger partial charge < -0.3 is 4.90 Å². The van der Waals surface area contributed by atoms with Gasteiger partial charge in [-0.3, -0.25) is 4.99 Å². The topological polar surface area (TPSA) is 15.6 Å². The number of hydrogen-bond acceptors (Lipinski definition) is 2. The van der Waals surface area contributed by atoms with Crippen LogP contribution >= 0.6 is 0 Å². The summed E-state index contributed by atoms with van der Waals surface area (Å²) in [6.45, 7) is -0.627. The number of nitrogens with zero attached hydrogens (tertiary/aromatic N) is 2. The standard InChI is InChI=1S/C6H5F5N2/c7-5(8)4-1-13(3-12-4)2-6(9,10)11/h1,4-5H,2H2. The molecule has 0 saturated heterocycles. The molecule has 0 aromatic heterocycles.